The molecule has 2 aliphatic heterocycles. The van der Waals surface area contributed by atoms with E-state index in [0.29, 0.717) is 17.1 Å². The maximum Gasteiger partial charge on any atom is 0.514 e. The maximum absolute atomic E-state index is 13.3. The third-order valence-corrected chi connectivity index (χ3v) is 19.7. The number of methoxy groups -OCH3 is 1. The largest absolute Gasteiger partial charge is 0.514 e. The van der Waals surface area contributed by atoms with Gasteiger partial charge in [-0.1, -0.05) is 122 Å². The highest BCUT2D eigenvalue weighted by atomic mass is 16.7. The van der Waals surface area contributed by atoms with Gasteiger partial charge in [0.1, 0.15) is 23.7 Å². The number of allylic oxidation sites excluding steroid dienone is 3. The molecule has 0 aromatic heterocycles. The number of anilines is 1. The molecule has 6 aliphatic carbocycles. The molecule has 3 aromatic carbocycles. The lowest BCUT2D eigenvalue weighted by atomic mass is 9.47. The van der Waals surface area contributed by atoms with Gasteiger partial charge in [-0.15, -0.1) is 0 Å². The van der Waals surface area contributed by atoms with Gasteiger partial charge in [-0.2, -0.15) is 0 Å². The highest BCUT2D eigenvalue weighted by Gasteiger charge is 2.59. The average molecular weight is 916 g/mol. The van der Waals surface area contributed by atoms with E-state index in [2.05, 4.69) is 114 Å². The van der Waals surface area contributed by atoms with Crippen molar-refractivity contribution in [3.63, 3.8) is 0 Å². The molecule has 3 saturated carbocycles. The number of rotatable bonds is 10. The summed E-state index contributed by atoms with van der Waals surface area (Å²) >= 11 is 0. The number of piperidine rings is 1. The number of carbonyl (C=O) groups excluding carboxylic acids is 1. The topological polar surface area (TPSA) is 57.2 Å². The zero-order valence-electron chi connectivity index (χ0n) is 42.4. The molecule has 0 amide bonds. The van der Waals surface area contributed by atoms with E-state index in [1.54, 1.807) is 12.7 Å². The molecule has 0 N–H and O–H groups in total. The van der Waals surface area contributed by atoms with E-state index < -0.39 is 6.16 Å². The number of carbonyl (C=O) groups is 1. The van der Waals surface area contributed by atoms with Crippen LogP contribution in [0.1, 0.15) is 172 Å². The molecule has 2 heterocycles. The van der Waals surface area contributed by atoms with Crippen LogP contribution in [-0.4, -0.2) is 32.5 Å². The molecule has 0 spiro atoms. The summed E-state index contributed by atoms with van der Waals surface area (Å²) in [5.74, 6) is 6.78. The van der Waals surface area contributed by atoms with Crippen molar-refractivity contribution in [1.82, 2.24) is 0 Å². The van der Waals surface area contributed by atoms with E-state index in [-0.39, 0.29) is 23.0 Å². The van der Waals surface area contributed by atoms with Crippen LogP contribution >= 0.6 is 0 Å². The molecule has 0 radical (unpaired) electrons. The lowest BCUT2D eigenvalue weighted by Gasteiger charge is -2.58. The number of benzene rings is 3. The molecule has 4 fully saturated rings. The first-order valence-electron chi connectivity index (χ1n) is 26.8. The Labute approximate surface area is 407 Å². The fourth-order valence-electron chi connectivity index (χ4n) is 16.2. The fourth-order valence-corrected chi connectivity index (χ4v) is 16.2. The number of hydrogen-bond acceptors (Lipinski definition) is 6. The van der Waals surface area contributed by atoms with E-state index in [0.717, 1.165) is 97.7 Å². The molecule has 0 bridgehead atoms. The highest BCUT2D eigenvalue weighted by molar-refractivity contribution is 5.97. The Bertz CT molecular complexity index is 2550. The molecule has 6 nitrogen and oxygen atoms in total. The SMILES string of the molecule is COc1cc2c(cc1N1CCC(c3ccc(OC(=O)OC4CCC5(C)C(=CCC6C5CCC5(C)C(C(C)CCCC(C)C)CCC65)C4)cc3)CC1)C1=C(C3=CC=COC32)C(C)(C)c2ccccc21. The first-order chi connectivity index (χ1) is 32.8. The second-order valence-electron chi connectivity index (χ2n) is 24.0. The lowest BCUT2D eigenvalue weighted by Crippen LogP contribution is -2.51. The van der Waals surface area contributed by atoms with Gasteiger partial charge in [0, 0.05) is 36.1 Å². The van der Waals surface area contributed by atoms with Gasteiger partial charge in [0.25, 0.3) is 0 Å². The van der Waals surface area contributed by atoms with Crippen LogP contribution in [0.25, 0.3) is 5.57 Å². The summed E-state index contributed by atoms with van der Waals surface area (Å²) in [6.45, 7) is 19.1. The zero-order valence-corrected chi connectivity index (χ0v) is 42.4. The average Bonchev–Trinajstić information content (AvgIpc) is 3.82. The summed E-state index contributed by atoms with van der Waals surface area (Å²) in [5, 5.41) is 0. The zero-order chi connectivity index (χ0) is 47.1. The molecular weight excluding hydrogens is 839 g/mol. The summed E-state index contributed by atoms with van der Waals surface area (Å²) in [7, 11) is 1.79. The van der Waals surface area contributed by atoms with Gasteiger partial charge >= 0.3 is 6.16 Å². The quantitative estimate of drug-likeness (QED) is 0.115. The lowest BCUT2D eigenvalue weighted by molar-refractivity contribution is -0.0597. The van der Waals surface area contributed by atoms with E-state index >= 15 is 0 Å². The number of hydrogen-bond donors (Lipinski definition) is 0. The third-order valence-electron chi connectivity index (χ3n) is 19.7. The standard InChI is InChI=1S/C62H77NO5/c1-38(2)13-11-14-39(3)50-24-25-52-45-23-20-42-35-44(26-30-61(42,6)53(45)27-31-62(50,52)7)68-59(64)67-43-21-18-40(19-22-43)41-28-32-63(33-29-41)54-36-48-49(37-55(54)65-8)58-47(16-12-34-66-58)57-56(48)46-15-9-10-17-51(46)60(57,4)5/h9-10,12,15-22,34,36-39,41,44-45,50,52-53,58H,11,13-14,23-33,35H2,1-8H3. The fraction of sp³-hybridized carbons (Fsp3) is 0.565. The third kappa shape index (κ3) is 7.59. The summed E-state index contributed by atoms with van der Waals surface area (Å²) < 4.78 is 24.5. The molecule has 68 heavy (non-hydrogen) atoms. The molecule has 11 rings (SSSR count). The Morgan fingerprint density at radius 3 is 2.44 bits per heavy atom. The van der Waals surface area contributed by atoms with Gasteiger partial charge in [-0.25, -0.2) is 4.79 Å². The number of fused-ring (bicyclic) bond motifs is 12. The van der Waals surface area contributed by atoms with E-state index in [9.17, 15) is 4.79 Å². The van der Waals surface area contributed by atoms with Crippen molar-refractivity contribution in [1.29, 1.82) is 0 Å². The van der Waals surface area contributed by atoms with Gasteiger partial charge in [0.15, 0.2) is 0 Å². The summed E-state index contributed by atoms with van der Waals surface area (Å²) in [6.07, 6.45) is 23.7. The van der Waals surface area contributed by atoms with Gasteiger partial charge < -0.3 is 23.8 Å². The Morgan fingerprint density at radius 1 is 0.868 bits per heavy atom. The highest BCUT2D eigenvalue weighted by Crippen LogP contribution is 2.68. The summed E-state index contributed by atoms with van der Waals surface area (Å²) in [4.78, 5) is 15.8. The molecule has 8 aliphatic rings. The number of ether oxygens (including phenoxy) is 4. The molecule has 6 heteroatoms. The van der Waals surface area contributed by atoms with Crippen molar-refractivity contribution in [2.24, 2.45) is 46.3 Å². The molecule has 3 aromatic rings. The van der Waals surface area contributed by atoms with E-state index in [1.165, 1.54) is 90.3 Å². The van der Waals surface area contributed by atoms with Gasteiger partial charge in [0.05, 0.1) is 19.1 Å². The van der Waals surface area contributed by atoms with Crippen LogP contribution in [0.2, 0.25) is 0 Å². The maximum atomic E-state index is 13.3. The van der Waals surface area contributed by atoms with Crippen molar-refractivity contribution < 1.29 is 23.7 Å². The summed E-state index contributed by atoms with van der Waals surface area (Å²) in [5.41, 5.74) is 13.6. The van der Waals surface area contributed by atoms with Crippen LogP contribution < -0.4 is 14.4 Å². The van der Waals surface area contributed by atoms with Gasteiger partial charge in [0.2, 0.25) is 0 Å². The van der Waals surface area contributed by atoms with Crippen molar-refractivity contribution in [2.75, 3.05) is 25.1 Å². The normalized spacial score (nSPS) is 31.5. The van der Waals surface area contributed by atoms with Crippen LogP contribution in [0.4, 0.5) is 10.5 Å². The minimum atomic E-state index is -0.577. The predicted molar refractivity (Wildman–Crippen MR) is 274 cm³/mol. The Balaban J connectivity index is 0.707. The van der Waals surface area contributed by atoms with Crippen LogP contribution in [0.5, 0.6) is 11.5 Å². The van der Waals surface area contributed by atoms with Crippen molar-refractivity contribution in [3.8, 4) is 11.5 Å². The first-order valence-corrected chi connectivity index (χ1v) is 26.8. The Hall–Kier alpha value is -4.71. The Kier molecular flexibility index (Phi) is 11.8. The molecule has 1 saturated heterocycles. The molecule has 9 unspecified atom stereocenters. The van der Waals surface area contributed by atoms with Crippen LogP contribution in [0.15, 0.2) is 102 Å². The van der Waals surface area contributed by atoms with Crippen LogP contribution in [-0.2, 0) is 14.9 Å². The van der Waals surface area contributed by atoms with Gasteiger partial charge in [-0.3, -0.25) is 0 Å². The van der Waals surface area contributed by atoms with E-state index in [1.807, 2.05) is 24.5 Å². The second-order valence-corrected chi connectivity index (χ2v) is 24.0. The van der Waals surface area contributed by atoms with Gasteiger partial charge in [-0.05, 0) is 174 Å². The predicted octanol–water partition coefficient (Wildman–Crippen LogP) is 15.6. The smallest absolute Gasteiger partial charge is 0.495 e. The monoisotopic (exact) mass is 916 g/mol. The molecule has 360 valence electrons. The van der Waals surface area contributed by atoms with Crippen LogP contribution in [0.3, 0.4) is 0 Å². The van der Waals surface area contributed by atoms with Crippen LogP contribution in [0, 0.1) is 46.3 Å². The Morgan fingerprint density at radius 2 is 1.66 bits per heavy atom. The van der Waals surface area contributed by atoms with E-state index in [4.69, 9.17) is 18.9 Å². The van der Waals surface area contributed by atoms with Crippen molar-refractivity contribution in [3.05, 3.63) is 130 Å². The van der Waals surface area contributed by atoms with Crippen molar-refractivity contribution in [2.45, 2.75) is 155 Å². The summed E-state index contributed by atoms with van der Waals surface area (Å²) in [6, 6.07) is 21.7. The van der Waals surface area contributed by atoms with Crippen molar-refractivity contribution >= 4 is 17.4 Å². The minimum Gasteiger partial charge on any atom is -0.495 e. The number of nitrogens with zero attached hydrogens (tertiary/aromatic N) is 1. The first kappa shape index (κ1) is 45.7. The minimum absolute atomic E-state index is 0.125. The second kappa shape index (κ2) is 17.6. The molecule has 9 atom stereocenters. The molecular formula is C62H77NO5.